The first-order valence-electron chi connectivity index (χ1n) is 6.98. The Labute approximate surface area is 119 Å². The van der Waals surface area contributed by atoms with E-state index in [0.717, 1.165) is 25.7 Å². The Balaban J connectivity index is 2.00. The quantitative estimate of drug-likeness (QED) is 0.738. The molecule has 0 radical (unpaired) electrons. The first-order valence-corrected chi connectivity index (χ1v) is 6.98. The molecule has 1 aromatic carbocycles. The first-order chi connectivity index (χ1) is 9.52. The van der Waals surface area contributed by atoms with Gasteiger partial charge < -0.3 is 20.9 Å². The van der Waals surface area contributed by atoms with Crippen molar-refractivity contribution in [3.63, 3.8) is 0 Å². The molecular weight excluding hydrogens is 256 g/mol. The fourth-order valence-corrected chi connectivity index (χ4v) is 2.69. The minimum absolute atomic E-state index is 0.0221. The normalized spacial score (nSPS) is 17.5. The van der Waals surface area contributed by atoms with E-state index in [1.807, 2.05) is 0 Å². The van der Waals surface area contributed by atoms with E-state index in [9.17, 15) is 9.90 Å². The van der Waals surface area contributed by atoms with Crippen LogP contribution in [0.2, 0.25) is 0 Å². The average molecular weight is 278 g/mol. The number of aromatic hydroxyl groups is 1. The van der Waals surface area contributed by atoms with Gasteiger partial charge in [0.25, 0.3) is 0 Å². The van der Waals surface area contributed by atoms with Crippen molar-refractivity contribution in [2.24, 2.45) is 5.73 Å². The van der Waals surface area contributed by atoms with Gasteiger partial charge in [-0.1, -0.05) is 19.3 Å². The van der Waals surface area contributed by atoms with Crippen LogP contribution in [0.3, 0.4) is 0 Å². The Morgan fingerprint density at radius 3 is 2.75 bits per heavy atom. The van der Waals surface area contributed by atoms with Gasteiger partial charge in [0, 0.05) is 18.0 Å². The molecular formula is C15H22N2O3. The lowest BCUT2D eigenvalue weighted by molar-refractivity contribution is -0.117. The summed E-state index contributed by atoms with van der Waals surface area (Å²) in [5.74, 6) is 0.435. The van der Waals surface area contributed by atoms with Crippen LogP contribution in [-0.2, 0) is 4.79 Å². The molecule has 1 aromatic rings. The fraction of sp³-hybridized carbons (Fsp3) is 0.533. The molecule has 0 unspecified atom stereocenters. The standard InChI is InChI=1S/C15H22N2O3/c1-20-11-5-6-13(18)12(9-11)17-14(19)10-15(16)7-3-2-4-8-15/h5-6,9,18H,2-4,7-8,10,16H2,1H3,(H,17,19). The van der Waals surface area contributed by atoms with Crippen LogP contribution in [0.4, 0.5) is 5.69 Å². The number of nitrogens with two attached hydrogens (primary N) is 1. The molecule has 1 amide bonds. The van der Waals surface area contributed by atoms with Crippen LogP contribution in [0, 0.1) is 0 Å². The van der Waals surface area contributed by atoms with Gasteiger partial charge in [0.1, 0.15) is 11.5 Å². The Morgan fingerprint density at radius 2 is 2.10 bits per heavy atom. The molecule has 1 fully saturated rings. The minimum atomic E-state index is -0.406. The third-order valence-corrected chi connectivity index (χ3v) is 3.84. The molecule has 20 heavy (non-hydrogen) atoms. The van der Waals surface area contributed by atoms with Crippen LogP contribution < -0.4 is 15.8 Å². The second kappa shape index (κ2) is 6.13. The number of benzene rings is 1. The van der Waals surface area contributed by atoms with Crippen molar-refractivity contribution in [2.75, 3.05) is 12.4 Å². The lowest BCUT2D eigenvalue weighted by Crippen LogP contribution is -2.44. The molecule has 5 heteroatoms. The van der Waals surface area contributed by atoms with E-state index in [1.54, 1.807) is 12.1 Å². The number of phenols is 1. The van der Waals surface area contributed by atoms with E-state index < -0.39 is 5.54 Å². The SMILES string of the molecule is COc1ccc(O)c(NC(=O)CC2(N)CCCCC2)c1. The van der Waals surface area contributed by atoms with Gasteiger partial charge in [0.2, 0.25) is 5.91 Å². The molecule has 2 rings (SSSR count). The summed E-state index contributed by atoms with van der Waals surface area (Å²) < 4.78 is 5.07. The Hall–Kier alpha value is -1.75. The van der Waals surface area contributed by atoms with Gasteiger partial charge in [-0.25, -0.2) is 0 Å². The topological polar surface area (TPSA) is 84.6 Å². The number of hydrogen-bond acceptors (Lipinski definition) is 4. The summed E-state index contributed by atoms with van der Waals surface area (Å²) in [7, 11) is 1.54. The molecule has 5 nitrogen and oxygen atoms in total. The second-order valence-electron chi connectivity index (χ2n) is 5.53. The maximum Gasteiger partial charge on any atom is 0.226 e. The Morgan fingerprint density at radius 1 is 1.40 bits per heavy atom. The average Bonchev–Trinajstić information content (AvgIpc) is 2.41. The maximum absolute atomic E-state index is 12.1. The van der Waals surface area contributed by atoms with E-state index in [1.165, 1.54) is 19.6 Å². The molecule has 0 aliphatic heterocycles. The molecule has 0 saturated heterocycles. The number of amides is 1. The summed E-state index contributed by atoms with van der Waals surface area (Å²) in [4.78, 5) is 12.1. The second-order valence-corrected chi connectivity index (χ2v) is 5.53. The van der Waals surface area contributed by atoms with Crippen LogP contribution in [-0.4, -0.2) is 23.7 Å². The number of carbonyl (C=O) groups is 1. The van der Waals surface area contributed by atoms with Crippen LogP contribution >= 0.6 is 0 Å². The van der Waals surface area contributed by atoms with E-state index in [2.05, 4.69) is 5.32 Å². The smallest absolute Gasteiger partial charge is 0.226 e. The molecule has 4 N–H and O–H groups in total. The number of phenolic OH excluding ortho intramolecular Hbond substituents is 1. The monoisotopic (exact) mass is 278 g/mol. The molecule has 1 saturated carbocycles. The van der Waals surface area contributed by atoms with Gasteiger partial charge in [-0.05, 0) is 25.0 Å². The van der Waals surface area contributed by atoms with E-state index in [-0.39, 0.29) is 18.1 Å². The van der Waals surface area contributed by atoms with Crippen molar-refractivity contribution >= 4 is 11.6 Å². The van der Waals surface area contributed by atoms with Crippen molar-refractivity contribution in [2.45, 2.75) is 44.1 Å². The van der Waals surface area contributed by atoms with Crippen LogP contribution in [0.15, 0.2) is 18.2 Å². The van der Waals surface area contributed by atoms with Crippen molar-refractivity contribution < 1.29 is 14.6 Å². The lowest BCUT2D eigenvalue weighted by atomic mass is 9.80. The van der Waals surface area contributed by atoms with E-state index >= 15 is 0 Å². The highest BCUT2D eigenvalue weighted by Crippen LogP contribution is 2.31. The number of anilines is 1. The molecule has 0 bridgehead atoms. The number of methoxy groups -OCH3 is 1. The third kappa shape index (κ3) is 3.63. The zero-order valence-electron chi connectivity index (χ0n) is 11.8. The zero-order chi connectivity index (χ0) is 14.6. The molecule has 0 atom stereocenters. The van der Waals surface area contributed by atoms with Gasteiger partial charge in [0.15, 0.2) is 0 Å². The summed E-state index contributed by atoms with van der Waals surface area (Å²) in [6, 6.07) is 4.72. The first kappa shape index (κ1) is 14.7. The summed E-state index contributed by atoms with van der Waals surface area (Å²) in [6.45, 7) is 0. The number of hydrogen-bond donors (Lipinski definition) is 3. The van der Waals surface area contributed by atoms with Gasteiger partial charge in [-0.15, -0.1) is 0 Å². The summed E-state index contributed by atoms with van der Waals surface area (Å²) in [5.41, 5.74) is 6.21. The van der Waals surface area contributed by atoms with E-state index in [4.69, 9.17) is 10.5 Å². The fourth-order valence-electron chi connectivity index (χ4n) is 2.69. The predicted molar refractivity (Wildman–Crippen MR) is 77.9 cm³/mol. The number of ether oxygens (including phenoxy) is 1. The molecule has 1 aliphatic carbocycles. The lowest BCUT2D eigenvalue weighted by Gasteiger charge is -2.32. The maximum atomic E-state index is 12.1. The van der Waals surface area contributed by atoms with Gasteiger partial charge in [-0.2, -0.15) is 0 Å². The van der Waals surface area contributed by atoms with Crippen LogP contribution in [0.5, 0.6) is 11.5 Å². The highest BCUT2D eigenvalue weighted by Gasteiger charge is 2.30. The zero-order valence-corrected chi connectivity index (χ0v) is 11.8. The summed E-state index contributed by atoms with van der Waals surface area (Å²) in [6.07, 6.45) is 5.39. The van der Waals surface area contributed by atoms with Gasteiger partial charge in [-0.3, -0.25) is 4.79 Å². The predicted octanol–water partition coefficient (Wildman–Crippen LogP) is 2.39. The van der Waals surface area contributed by atoms with Crippen molar-refractivity contribution in [3.05, 3.63) is 18.2 Å². The summed E-state index contributed by atoms with van der Waals surface area (Å²) >= 11 is 0. The van der Waals surface area contributed by atoms with E-state index in [0.29, 0.717) is 11.4 Å². The van der Waals surface area contributed by atoms with Crippen LogP contribution in [0.1, 0.15) is 38.5 Å². The number of rotatable bonds is 4. The Kier molecular flexibility index (Phi) is 4.49. The molecule has 1 aliphatic rings. The number of carbonyl (C=O) groups excluding carboxylic acids is 1. The van der Waals surface area contributed by atoms with Crippen molar-refractivity contribution in [1.82, 2.24) is 0 Å². The van der Waals surface area contributed by atoms with Crippen molar-refractivity contribution in [3.8, 4) is 11.5 Å². The largest absolute Gasteiger partial charge is 0.506 e. The van der Waals surface area contributed by atoms with Gasteiger partial charge in [0.05, 0.1) is 12.8 Å². The van der Waals surface area contributed by atoms with Crippen molar-refractivity contribution in [1.29, 1.82) is 0 Å². The third-order valence-electron chi connectivity index (χ3n) is 3.84. The summed E-state index contributed by atoms with van der Waals surface area (Å²) in [5, 5.41) is 12.5. The van der Waals surface area contributed by atoms with Gasteiger partial charge >= 0.3 is 0 Å². The molecule has 110 valence electrons. The highest BCUT2D eigenvalue weighted by molar-refractivity contribution is 5.93. The molecule has 0 spiro atoms. The molecule has 0 aromatic heterocycles. The Bertz CT molecular complexity index is 482. The van der Waals surface area contributed by atoms with Crippen LogP contribution in [0.25, 0.3) is 0 Å². The highest BCUT2D eigenvalue weighted by atomic mass is 16.5. The minimum Gasteiger partial charge on any atom is -0.506 e. The molecule has 0 heterocycles. The number of nitrogens with one attached hydrogen (secondary N) is 1.